The SMILES string of the molecule is CCC1(C(=O)NCCCCC(=O)O)CCC1. The highest BCUT2D eigenvalue weighted by atomic mass is 16.4. The van der Waals surface area contributed by atoms with Gasteiger partial charge in [0.05, 0.1) is 0 Å². The van der Waals surface area contributed by atoms with Gasteiger partial charge in [0.2, 0.25) is 5.91 Å². The van der Waals surface area contributed by atoms with Crippen molar-refractivity contribution in [3.63, 3.8) is 0 Å². The molecule has 0 aliphatic heterocycles. The zero-order chi connectivity index (χ0) is 12.0. The van der Waals surface area contributed by atoms with Gasteiger partial charge in [-0.15, -0.1) is 0 Å². The van der Waals surface area contributed by atoms with Crippen molar-refractivity contribution >= 4 is 11.9 Å². The molecule has 0 aromatic heterocycles. The number of aliphatic carboxylic acids is 1. The van der Waals surface area contributed by atoms with Crippen LogP contribution in [0.15, 0.2) is 0 Å². The summed E-state index contributed by atoms with van der Waals surface area (Å²) >= 11 is 0. The van der Waals surface area contributed by atoms with Crippen LogP contribution in [0.2, 0.25) is 0 Å². The van der Waals surface area contributed by atoms with Crippen molar-refractivity contribution in [2.24, 2.45) is 5.41 Å². The van der Waals surface area contributed by atoms with E-state index >= 15 is 0 Å². The number of unbranched alkanes of at least 4 members (excludes halogenated alkanes) is 1. The van der Waals surface area contributed by atoms with E-state index in [4.69, 9.17) is 5.11 Å². The van der Waals surface area contributed by atoms with Gasteiger partial charge in [-0.2, -0.15) is 0 Å². The van der Waals surface area contributed by atoms with Crippen LogP contribution in [-0.2, 0) is 9.59 Å². The van der Waals surface area contributed by atoms with Gasteiger partial charge < -0.3 is 10.4 Å². The van der Waals surface area contributed by atoms with E-state index in [-0.39, 0.29) is 17.7 Å². The predicted molar refractivity (Wildman–Crippen MR) is 61.1 cm³/mol. The Kier molecular flexibility index (Phi) is 4.77. The second kappa shape index (κ2) is 5.87. The summed E-state index contributed by atoms with van der Waals surface area (Å²) in [4.78, 5) is 22.1. The smallest absolute Gasteiger partial charge is 0.303 e. The molecule has 92 valence electrons. The molecule has 1 fully saturated rings. The van der Waals surface area contributed by atoms with Crippen molar-refractivity contribution in [2.45, 2.75) is 51.9 Å². The molecule has 4 nitrogen and oxygen atoms in total. The summed E-state index contributed by atoms with van der Waals surface area (Å²) in [6.07, 6.45) is 5.64. The van der Waals surface area contributed by atoms with Crippen LogP contribution in [0.25, 0.3) is 0 Å². The number of carboxylic acid groups (broad SMARTS) is 1. The maximum atomic E-state index is 11.8. The summed E-state index contributed by atoms with van der Waals surface area (Å²) in [6, 6.07) is 0. The minimum absolute atomic E-state index is 0.104. The lowest BCUT2D eigenvalue weighted by atomic mass is 9.66. The lowest BCUT2D eigenvalue weighted by Crippen LogP contribution is -2.45. The minimum Gasteiger partial charge on any atom is -0.481 e. The summed E-state index contributed by atoms with van der Waals surface area (Å²) < 4.78 is 0. The van der Waals surface area contributed by atoms with Crippen LogP contribution in [0.5, 0.6) is 0 Å². The normalized spacial score (nSPS) is 17.6. The number of carboxylic acids is 1. The van der Waals surface area contributed by atoms with Gasteiger partial charge >= 0.3 is 5.97 Å². The van der Waals surface area contributed by atoms with Gasteiger partial charge in [-0.3, -0.25) is 9.59 Å². The Hall–Kier alpha value is -1.06. The standard InChI is InChI=1S/C12H21NO3/c1-2-12(7-5-8-12)11(16)13-9-4-3-6-10(14)15/h2-9H2,1H3,(H,13,16)(H,14,15). The Bertz CT molecular complexity index is 253. The van der Waals surface area contributed by atoms with Gasteiger partial charge in [0.1, 0.15) is 0 Å². The van der Waals surface area contributed by atoms with Crippen molar-refractivity contribution in [3.8, 4) is 0 Å². The number of hydrogen-bond donors (Lipinski definition) is 2. The molecule has 16 heavy (non-hydrogen) atoms. The maximum absolute atomic E-state index is 11.8. The number of rotatable bonds is 7. The number of hydrogen-bond acceptors (Lipinski definition) is 2. The first kappa shape index (κ1) is 13.0. The third-order valence-corrected chi connectivity index (χ3v) is 3.57. The second-order valence-corrected chi connectivity index (χ2v) is 4.59. The Balaban J connectivity index is 2.13. The fourth-order valence-electron chi connectivity index (χ4n) is 2.14. The predicted octanol–water partition coefficient (Wildman–Crippen LogP) is 1.94. The lowest BCUT2D eigenvalue weighted by molar-refractivity contribution is -0.137. The fraction of sp³-hybridized carbons (Fsp3) is 0.833. The number of amides is 1. The first-order chi connectivity index (χ1) is 7.60. The van der Waals surface area contributed by atoms with Crippen molar-refractivity contribution in [3.05, 3.63) is 0 Å². The summed E-state index contributed by atoms with van der Waals surface area (Å²) in [5.74, 6) is -0.605. The highest BCUT2D eigenvalue weighted by Gasteiger charge is 2.41. The van der Waals surface area contributed by atoms with E-state index in [0.717, 1.165) is 32.1 Å². The summed E-state index contributed by atoms with van der Waals surface area (Å²) in [7, 11) is 0. The molecule has 0 atom stereocenters. The molecule has 0 aromatic rings. The molecule has 2 N–H and O–H groups in total. The molecule has 0 unspecified atom stereocenters. The first-order valence-corrected chi connectivity index (χ1v) is 6.11. The number of carbonyl (C=O) groups is 2. The van der Waals surface area contributed by atoms with Gasteiger partial charge in [-0.1, -0.05) is 13.3 Å². The van der Waals surface area contributed by atoms with Crippen LogP contribution in [0.4, 0.5) is 0 Å². The zero-order valence-electron chi connectivity index (χ0n) is 9.92. The van der Waals surface area contributed by atoms with E-state index in [9.17, 15) is 9.59 Å². The van der Waals surface area contributed by atoms with Crippen molar-refractivity contribution in [1.82, 2.24) is 5.32 Å². The average molecular weight is 227 g/mol. The van der Waals surface area contributed by atoms with E-state index in [1.807, 2.05) is 0 Å². The highest BCUT2D eigenvalue weighted by molar-refractivity contribution is 5.83. The molecule has 1 saturated carbocycles. The quantitative estimate of drug-likeness (QED) is 0.653. The van der Waals surface area contributed by atoms with Crippen LogP contribution in [0.3, 0.4) is 0 Å². The van der Waals surface area contributed by atoms with Crippen LogP contribution < -0.4 is 5.32 Å². The van der Waals surface area contributed by atoms with Crippen LogP contribution in [0, 0.1) is 5.41 Å². The third kappa shape index (κ3) is 3.22. The number of carbonyl (C=O) groups excluding carboxylic acids is 1. The lowest BCUT2D eigenvalue weighted by Gasteiger charge is -2.39. The Morgan fingerprint density at radius 2 is 2.00 bits per heavy atom. The van der Waals surface area contributed by atoms with E-state index < -0.39 is 5.97 Å². The largest absolute Gasteiger partial charge is 0.481 e. The maximum Gasteiger partial charge on any atom is 0.303 e. The van der Waals surface area contributed by atoms with E-state index in [2.05, 4.69) is 12.2 Å². The zero-order valence-corrected chi connectivity index (χ0v) is 9.92. The van der Waals surface area contributed by atoms with Crippen LogP contribution >= 0.6 is 0 Å². The van der Waals surface area contributed by atoms with E-state index in [0.29, 0.717) is 13.0 Å². The van der Waals surface area contributed by atoms with E-state index in [1.54, 1.807) is 0 Å². The molecule has 1 aliphatic rings. The summed E-state index contributed by atoms with van der Waals surface area (Å²) in [5, 5.41) is 11.4. The minimum atomic E-state index is -0.768. The van der Waals surface area contributed by atoms with E-state index in [1.165, 1.54) is 0 Å². The third-order valence-electron chi connectivity index (χ3n) is 3.57. The van der Waals surface area contributed by atoms with Crippen molar-refractivity contribution < 1.29 is 14.7 Å². The molecule has 1 rings (SSSR count). The molecule has 0 aromatic carbocycles. The molecule has 4 heteroatoms. The average Bonchev–Trinajstić information content (AvgIpc) is 2.16. The van der Waals surface area contributed by atoms with Crippen molar-refractivity contribution in [2.75, 3.05) is 6.54 Å². The molecule has 1 amide bonds. The second-order valence-electron chi connectivity index (χ2n) is 4.59. The molecule has 0 radical (unpaired) electrons. The van der Waals surface area contributed by atoms with Crippen molar-refractivity contribution in [1.29, 1.82) is 0 Å². The molecular formula is C12H21NO3. The monoisotopic (exact) mass is 227 g/mol. The Morgan fingerprint density at radius 1 is 1.31 bits per heavy atom. The Labute approximate surface area is 96.4 Å². The highest BCUT2D eigenvalue weighted by Crippen LogP contribution is 2.43. The molecule has 0 saturated heterocycles. The van der Waals surface area contributed by atoms with Crippen LogP contribution in [-0.4, -0.2) is 23.5 Å². The van der Waals surface area contributed by atoms with Gasteiger partial charge in [0.15, 0.2) is 0 Å². The first-order valence-electron chi connectivity index (χ1n) is 6.11. The van der Waals surface area contributed by atoms with Gasteiger partial charge in [-0.25, -0.2) is 0 Å². The summed E-state index contributed by atoms with van der Waals surface area (Å²) in [6.45, 7) is 2.66. The molecule has 0 spiro atoms. The fourth-order valence-corrected chi connectivity index (χ4v) is 2.14. The molecule has 1 aliphatic carbocycles. The van der Waals surface area contributed by atoms with Gasteiger partial charge in [0.25, 0.3) is 0 Å². The number of nitrogens with one attached hydrogen (secondary N) is 1. The summed E-state index contributed by atoms with van der Waals surface area (Å²) in [5.41, 5.74) is -0.104. The Morgan fingerprint density at radius 3 is 2.44 bits per heavy atom. The van der Waals surface area contributed by atoms with Gasteiger partial charge in [-0.05, 0) is 32.1 Å². The molecule has 0 heterocycles. The van der Waals surface area contributed by atoms with Gasteiger partial charge in [0, 0.05) is 18.4 Å². The molecule has 0 bridgehead atoms. The van der Waals surface area contributed by atoms with Crippen LogP contribution in [0.1, 0.15) is 51.9 Å². The molecular weight excluding hydrogens is 206 g/mol. The topological polar surface area (TPSA) is 66.4 Å².